The molecule has 1 atom stereocenters. The van der Waals surface area contributed by atoms with Crippen LogP contribution in [0.15, 0.2) is 18.2 Å². The van der Waals surface area contributed by atoms with E-state index in [2.05, 4.69) is 0 Å². The fraction of sp³-hybridized carbons (Fsp3) is 0.533. The maximum absolute atomic E-state index is 13.1. The van der Waals surface area contributed by atoms with Crippen LogP contribution in [0.4, 0.5) is 4.39 Å². The van der Waals surface area contributed by atoms with E-state index in [0.717, 1.165) is 19.4 Å². The van der Waals surface area contributed by atoms with E-state index in [-0.39, 0.29) is 17.8 Å². The Kier molecular flexibility index (Phi) is 4.53. The lowest BCUT2D eigenvalue weighted by Gasteiger charge is -2.32. The van der Waals surface area contributed by atoms with Crippen LogP contribution >= 0.6 is 0 Å². The molecule has 1 aromatic carbocycles. The van der Waals surface area contributed by atoms with Gasteiger partial charge < -0.3 is 9.64 Å². The topological polar surface area (TPSA) is 29.5 Å². The zero-order valence-corrected chi connectivity index (χ0v) is 11.5. The van der Waals surface area contributed by atoms with E-state index in [1.165, 1.54) is 12.1 Å². The molecule has 0 aliphatic carbocycles. The minimum atomic E-state index is -0.306. The smallest absolute Gasteiger partial charge is 0.254 e. The predicted molar refractivity (Wildman–Crippen MR) is 71.7 cm³/mol. The molecular weight excluding hydrogens is 245 g/mol. The number of piperidine rings is 1. The van der Waals surface area contributed by atoms with Gasteiger partial charge >= 0.3 is 0 Å². The molecule has 0 bridgehead atoms. The summed E-state index contributed by atoms with van der Waals surface area (Å²) in [7, 11) is 0. The van der Waals surface area contributed by atoms with E-state index in [1.54, 1.807) is 13.0 Å². The molecule has 2 rings (SSSR count). The van der Waals surface area contributed by atoms with Crippen LogP contribution in [0.2, 0.25) is 0 Å². The third kappa shape index (κ3) is 3.32. The maximum atomic E-state index is 13.1. The highest BCUT2D eigenvalue weighted by Gasteiger charge is 2.25. The van der Waals surface area contributed by atoms with Gasteiger partial charge in [-0.3, -0.25) is 4.79 Å². The van der Waals surface area contributed by atoms with Crippen LogP contribution in [0.25, 0.3) is 0 Å². The summed E-state index contributed by atoms with van der Waals surface area (Å²) in [6.07, 6.45) is 2.08. The van der Waals surface area contributed by atoms with Crippen molar-refractivity contribution in [2.75, 3.05) is 19.7 Å². The van der Waals surface area contributed by atoms with Crippen LogP contribution in [-0.2, 0) is 4.74 Å². The summed E-state index contributed by atoms with van der Waals surface area (Å²) in [5, 5.41) is 0. The molecule has 1 aliphatic rings. The summed E-state index contributed by atoms with van der Waals surface area (Å²) in [4.78, 5) is 14.2. The minimum Gasteiger partial charge on any atom is -0.377 e. The van der Waals surface area contributed by atoms with Crippen molar-refractivity contribution in [3.05, 3.63) is 35.1 Å². The van der Waals surface area contributed by atoms with Gasteiger partial charge in [0.05, 0.1) is 6.10 Å². The van der Waals surface area contributed by atoms with E-state index in [1.807, 2.05) is 11.8 Å². The molecule has 19 heavy (non-hydrogen) atoms. The first-order valence-electron chi connectivity index (χ1n) is 6.79. The second kappa shape index (κ2) is 6.15. The highest BCUT2D eigenvalue weighted by atomic mass is 19.1. The number of aryl methyl sites for hydroxylation is 1. The Hall–Kier alpha value is -1.42. The fourth-order valence-electron chi connectivity index (χ4n) is 2.53. The summed E-state index contributed by atoms with van der Waals surface area (Å²) in [5.41, 5.74) is 1.27. The van der Waals surface area contributed by atoms with E-state index in [9.17, 15) is 9.18 Å². The molecule has 104 valence electrons. The van der Waals surface area contributed by atoms with Gasteiger partial charge in [-0.1, -0.05) is 0 Å². The van der Waals surface area contributed by atoms with Gasteiger partial charge in [0.2, 0.25) is 0 Å². The molecule has 1 heterocycles. The Balaban J connectivity index is 2.10. The quantitative estimate of drug-likeness (QED) is 0.841. The van der Waals surface area contributed by atoms with Gasteiger partial charge in [-0.25, -0.2) is 4.39 Å². The van der Waals surface area contributed by atoms with Gasteiger partial charge in [0.1, 0.15) is 5.82 Å². The molecule has 1 fully saturated rings. The Morgan fingerprint density at radius 3 is 3.00 bits per heavy atom. The van der Waals surface area contributed by atoms with Crippen molar-refractivity contribution in [3.8, 4) is 0 Å². The normalized spacial score (nSPS) is 19.5. The summed E-state index contributed by atoms with van der Waals surface area (Å²) in [6.45, 7) is 5.77. The van der Waals surface area contributed by atoms with Crippen LogP contribution in [-0.4, -0.2) is 36.6 Å². The van der Waals surface area contributed by atoms with Crippen molar-refractivity contribution in [1.29, 1.82) is 0 Å². The fourth-order valence-corrected chi connectivity index (χ4v) is 2.53. The number of hydrogen-bond acceptors (Lipinski definition) is 2. The number of nitrogens with zero attached hydrogens (tertiary/aromatic N) is 1. The summed E-state index contributed by atoms with van der Waals surface area (Å²) >= 11 is 0. The van der Waals surface area contributed by atoms with Crippen LogP contribution in [0.1, 0.15) is 35.7 Å². The monoisotopic (exact) mass is 265 g/mol. The average molecular weight is 265 g/mol. The summed E-state index contributed by atoms with van der Waals surface area (Å²) in [5.74, 6) is -0.332. The van der Waals surface area contributed by atoms with Crippen LogP contribution in [0, 0.1) is 12.7 Å². The SMILES string of the molecule is CCOC1CCCN(C(=O)c2ccc(F)cc2C)C1. The van der Waals surface area contributed by atoms with Crippen molar-refractivity contribution in [2.45, 2.75) is 32.8 Å². The van der Waals surface area contributed by atoms with Gasteiger partial charge in [-0.05, 0) is 50.5 Å². The molecule has 1 aliphatic heterocycles. The van der Waals surface area contributed by atoms with E-state index in [4.69, 9.17) is 4.74 Å². The molecule has 1 unspecified atom stereocenters. The Labute approximate surface area is 113 Å². The second-order valence-corrected chi connectivity index (χ2v) is 4.93. The summed E-state index contributed by atoms with van der Waals surface area (Å²) < 4.78 is 18.7. The first-order valence-corrected chi connectivity index (χ1v) is 6.79. The molecule has 0 spiro atoms. The Morgan fingerprint density at radius 2 is 2.32 bits per heavy atom. The number of amides is 1. The first kappa shape index (κ1) is 14.0. The number of halogens is 1. The van der Waals surface area contributed by atoms with Gasteiger partial charge in [0.15, 0.2) is 0 Å². The minimum absolute atomic E-state index is 0.0260. The summed E-state index contributed by atoms with van der Waals surface area (Å²) in [6, 6.07) is 4.30. The lowest BCUT2D eigenvalue weighted by atomic mass is 10.0. The standard InChI is InChI=1S/C15H20FNO2/c1-3-19-13-5-4-8-17(10-13)15(18)14-7-6-12(16)9-11(14)2/h6-7,9,13H,3-5,8,10H2,1-2H3. The molecule has 1 amide bonds. The predicted octanol–water partition coefficient (Wildman–Crippen LogP) is 2.78. The van der Waals surface area contributed by atoms with Crippen molar-refractivity contribution in [2.24, 2.45) is 0 Å². The second-order valence-electron chi connectivity index (χ2n) is 4.93. The maximum Gasteiger partial charge on any atom is 0.254 e. The third-order valence-corrected chi connectivity index (χ3v) is 3.49. The number of carbonyl (C=O) groups is 1. The molecule has 1 saturated heterocycles. The van der Waals surface area contributed by atoms with Crippen molar-refractivity contribution in [1.82, 2.24) is 4.90 Å². The molecule has 0 N–H and O–H groups in total. The highest BCUT2D eigenvalue weighted by molar-refractivity contribution is 5.95. The molecule has 4 heteroatoms. The molecule has 0 aromatic heterocycles. The zero-order chi connectivity index (χ0) is 13.8. The largest absolute Gasteiger partial charge is 0.377 e. The third-order valence-electron chi connectivity index (χ3n) is 3.49. The Bertz CT molecular complexity index is 459. The van der Waals surface area contributed by atoms with Gasteiger partial charge in [-0.2, -0.15) is 0 Å². The number of carbonyl (C=O) groups excluding carboxylic acids is 1. The number of hydrogen-bond donors (Lipinski definition) is 0. The van der Waals surface area contributed by atoms with Crippen molar-refractivity contribution < 1.29 is 13.9 Å². The van der Waals surface area contributed by atoms with Crippen LogP contribution in [0.3, 0.4) is 0 Å². The van der Waals surface area contributed by atoms with E-state index < -0.39 is 0 Å². The van der Waals surface area contributed by atoms with Crippen LogP contribution < -0.4 is 0 Å². The van der Waals surface area contributed by atoms with Crippen LogP contribution in [0.5, 0.6) is 0 Å². The lowest BCUT2D eigenvalue weighted by Crippen LogP contribution is -2.43. The number of likely N-dealkylation sites (tertiary alicyclic amines) is 1. The molecule has 0 saturated carbocycles. The highest BCUT2D eigenvalue weighted by Crippen LogP contribution is 2.18. The Morgan fingerprint density at radius 1 is 1.53 bits per heavy atom. The molecule has 1 aromatic rings. The van der Waals surface area contributed by atoms with E-state index in [0.29, 0.717) is 24.3 Å². The molecule has 3 nitrogen and oxygen atoms in total. The lowest BCUT2D eigenvalue weighted by molar-refractivity contribution is 0.00721. The van der Waals surface area contributed by atoms with Gasteiger partial charge in [0, 0.05) is 25.3 Å². The first-order chi connectivity index (χ1) is 9.11. The van der Waals surface area contributed by atoms with Crippen molar-refractivity contribution >= 4 is 5.91 Å². The number of benzene rings is 1. The van der Waals surface area contributed by atoms with Gasteiger partial charge in [0.25, 0.3) is 5.91 Å². The molecular formula is C15H20FNO2. The molecule has 0 radical (unpaired) electrons. The van der Waals surface area contributed by atoms with E-state index >= 15 is 0 Å². The average Bonchev–Trinajstić information content (AvgIpc) is 2.39. The van der Waals surface area contributed by atoms with Gasteiger partial charge in [-0.15, -0.1) is 0 Å². The van der Waals surface area contributed by atoms with Crippen molar-refractivity contribution in [3.63, 3.8) is 0 Å². The number of ether oxygens (including phenoxy) is 1. The zero-order valence-electron chi connectivity index (χ0n) is 11.5. The number of rotatable bonds is 3.